The van der Waals surface area contributed by atoms with Crippen LogP contribution in [0.3, 0.4) is 0 Å². The Morgan fingerprint density at radius 1 is 1.30 bits per heavy atom. The Balaban J connectivity index is 0.00000361. The van der Waals surface area contributed by atoms with Crippen LogP contribution in [0.5, 0.6) is 5.75 Å². The van der Waals surface area contributed by atoms with E-state index in [2.05, 4.69) is 19.2 Å². The molecule has 3 N–H and O–H groups in total. The first-order chi connectivity index (χ1) is 9.04. The van der Waals surface area contributed by atoms with Crippen molar-refractivity contribution in [3.63, 3.8) is 0 Å². The summed E-state index contributed by atoms with van der Waals surface area (Å²) in [5.74, 6) is 0.774. The van der Waals surface area contributed by atoms with Gasteiger partial charge >= 0.3 is 0 Å². The third kappa shape index (κ3) is 6.23. The fourth-order valence-corrected chi connectivity index (χ4v) is 1.43. The van der Waals surface area contributed by atoms with Crippen molar-refractivity contribution in [1.29, 1.82) is 0 Å². The Morgan fingerprint density at radius 2 is 1.95 bits per heavy atom. The Kier molecular flexibility index (Phi) is 8.96. The lowest BCUT2D eigenvalue weighted by molar-refractivity contribution is -0.118. The average Bonchev–Trinajstić information content (AvgIpc) is 2.37. The van der Waals surface area contributed by atoms with Crippen molar-refractivity contribution >= 4 is 24.0 Å². The molecule has 0 aliphatic carbocycles. The van der Waals surface area contributed by atoms with E-state index in [0.717, 1.165) is 0 Å². The van der Waals surface area contributed by atoms with E-state index in [1.165, 1.54) is 7.11 Å². The second-order valence-electron chi connectivity index (χ2n) is 4.75. The molecule has 1 atom stereocenters. The number of rotatable bonds is 7. The first-order valence-corrected chi connectivity index (χ1v) is 6.31. The SMILES string of the molecule is COCC(N)C(=O)Nc1ccccc1OCC(C)C.Cl. The maximum atomic E-state index is 11.8. The van der Waals surface area contributed by atoms with Crippen molar-refractivity contribution in [2.45, 2.75) is 19.9 Å². The van der Waals surface area contributed by atoms with Crippen LogP contribution in [-0.2, 0) is 9.53 Å². The van der Waals surface area contributed by atoms with Gasteiger partial charge < -0.3 is 20.5 Å². The van der Waals surface area contributed by atoms with Crippen molar-refractivity contribution in [3.05, 3.63) is 24.3 Å². The highest BCUT2D eigenvalue weighted by atomic mass is 35.5. The first kappa shape index (κ1) is 18.7. The largest absolute Gasteiger partial charge is 0.491 e. The average molecular weight is 303 g/mol. The van der Waals surface area contributed by atoms with E-state index in [1.807, 2.05) is 18.2 Å². The molecule has 0 bridgehead atoms. The summed E-state index contributed by atoms with van der Waals surface area (Å²) in [5, 5.41) is 2.75. The van der Waals surface area contributed by atoms with Gasteiger partial charge in [-0.05, 0) is 18.1 Å². The van der Waals surface area contributed by atoms with Crippen LogP contribution < -0.4 is 15.8 Å². The molecule has 0 heterocycles. The van der Waals surface area contributed by atoms with Crippen molar-refractivity contribution in [2.75, 3.05) is 25.6 Å². The Labute approximate surface area is 126 Å². The maximum Gasteiger partial charge on any atom is 0.243 e. The zero-order chi connectivity index (χ0) is 14.3. The number of amides is 1. The summed E-state index contributed by atoms with van der Waals surface area (Å²) in [6.07, 6.45) is 0. The molecule has 0 aliphatic heterocycles. The zero-order valence-electron chi connectivity index (χ0n) is 12.1. The molecule has 0 radical (unpaired) electrons. The number of nitrogens with two attached hydrogens (primary N) is 1. The molecule has 0 saturated heterocycles. The molecule has 0 aromatic heterocycles. The van der Waals surface area contributed by atoms with E-state index >= 15 is 0 Å². The highest BCUT2D eigenvalue weighted by Crippen LogP contribution is 2.24. The third-order valence-electron chi connectivity index (χ3n) is 2.40. The summed E-state index contributed by atoms with van der Waals surface area (Å²) in [5.41, 5.74) is 6.29. The predicted octanol–water partition coefficient (Wildman–Crippen LogP) is 2.06. The lowest BCUT2D eigenvalue weighted by atomic mass is 10.2. The lowest BCUT2D eigenvalue weighted by Gasteiger charge is -2.15. The van der Waals surface area contributed by atoms with Crippen molar-refractivity contribution < 1.29 is 14.3 Å². The van der Waals surface area contributed by atoms with Gasteiger partial charge in [0.25, 0.3) is 0 Å². The number of anilines is 1. The van der Waals surface area contributed by atoms with E-state index in [-0.39, 0.29) is 24.9 Å². The monoisotopic (exact) mass is 302 g/mol. The van der Waals surface area contributed by atoms with Crippen LogP contribution in [0.2, 0.25) is 0 Å². The third-order valence-corrected chi connectivity index (χ3v) is 2.40. The zero-order valence-corrected chi connectivity index (χ0v) is 12.9. The van der Waals surface area contributed by atoms with E-state index in [4.69, 9.17) is 15.2 Å². The smallest absolute Gasteiger partial charge is 0.243 e. The second-order valence-corrected chi connectivity index (χ2v) is 4.75. The van der Waals surface area contributed by atoms with Gasteiger partial charge in [-0.15, -0.1) is 12.4 Å². The van der Waals surface area contributed by atoms with Gasteiger partial charge in [0.05, 0.1) is 18.9 Å². The van der Waals surface area contributed by atoms with Gasteiger partial charge in [-0.1, -0.05) is 26.0 Å². The van der Waals surface area contributed by atoms with Gasteiger partial charge in [-0.2, -0.15) is 0 Å². The Bertz CT molecular complexity index is 413. The van der Waals surface area contributed by atoms with Crippen LogP contribution in [0.1, 0.15) is 13.8 Å². The maximum absolute atomic E-state index is 11.8. The van der Waals surface area contributed by atoms with Crippen molar-refractivity contribution in [2.24, 2.45) is 11.7 Å². The molecule has 0 fully saturated rings. The minimum atomic E-state index is -0.692. The minimum Gasteiger partial charge on any atom is -0.491 e. The number of ether oxygens (including phenoxy) is 2. The van der Waals surface area contributed by atoms with Crippen LogP contribution >= 0.6 is 12.4 Å². The molecule has 0 spiro atoms. The first-order valence-electron chi connectivity index (χ1n) is 6.31. The highest BCUT2D eigenvalue weighted by molar-refractivity contribution is 5.96. The van der Waals surface area contributed by atoms with Crippen LogP contribution in [-0.4, -0.2) is 32.3 Å². The second kappa shape index (κ2) is 9.58. The van der Waals surface area contributed by atoms with Crippen LogP contribution in [0.4, 0.5) is 5.69 Å². The molecule has 1 aromatic rings. The van der Waals surface area contributed by atoms with Crippen LogP contribution in [0.15, 0.2) is 24.3 Å². The summed E-state index contributed by atoms with van der Waals surface area (Å²) in [6.45, 7) is 4.91. The summed E-state index contributed by atoms with van der Waals surface area (Å²) < 4.78 is 10.5. The molecule has 20 heavy (non-hydrogen) atoms. The van der Waals surface area contributed by atoms with Crippen molar-refractivity contribution in [3.8, 4) is 5.75 Å². The highest BCUT2D eigenvalue weighted by Gasteiger charge is 2.15. The molecular formula is C14H23ClN2O3. The van der Waals surface area contributed by atoms with Gasteiger partial charge in [0.1, 0.15) is 11.8 Å². The van der Waals surface area contributed by atoms with E-state index in [9.17, 15) is 4.79 Å². The number of para-hydroxylation sites is 2. The number of hydrogen-bond acceptors (Lipinski definition) is 4. The quantitative estimate of drug-likeness (QED) is 0.808. The van der Waals surface area contributed by atoms with E-state index in [1.54, 1.807) is 6.07 Å². The molecule has 114 valence electrons. The van der Waals surface area contributed by atoms with Crippen molar-refractivity contribution in [1.82, 2.24) is 0 Å². The lowest BCUT2D eigenvalue weighted by Crippen LogP contribution is -2.39. The van der Waals surface area contributed by atoms with Crippen LogP contribution in [0.25, 0.3) is 0 Å². The number of carbonyl (C=O) groups is 1. The molecule has 5 nitrogen and oxygen atoms in total. The number of hydrogen-bond donors (Lipinski definition) is 2. The van der Waals surface area contributed by atoms with Gasteiger partial charge in [0.15, 0.2) is 0 Å². The molecule has 0 aliphatic rings. The van der Waals surface area contributed by atoms with Gasteiger partial charge in [-0.25, -0.2) is 0 Å². The topological polar surface area (TPSA) is 73.6 Å². The molecule has 1 unspecified atom stereocenters. The predicted molar refractivity (Wildman–Crippen MR) is 82.5 cm³/mol. The molecule has 6 heteroatoms. The normalized spacial score (nSPS) is 11.7. The Hall–Kier alpha value is -1.30. The number of benzene rings is 1. The van der Waals surface area contributed by atoms with Gasteiger partial charge in [-0.3, -0.25) is 4.79 Å². The summed E-state index contributed by atoms with van der Waals surface area (Å²) in [4.78, 5) is 11.8. The number of halogens is 1. The molecular weight excluding hydrogens is 280 g/mol. The standard InChI is InChI=1S/C14H22N2O3.ClH/c1-10(2)8-19-13-7-5-4-6-12(13)16-14(17)11(15)9-18-3;/h4-7,10-11H,8-9,15H2,1-3H3,(H,16,17);1H. The number of nitrogens with one attached hydrogen (secondary N) is 1. The van der Waals surface area contributed by atoms with Crippen LogP contribution in [0, 0.1) is 5.92 Å². The Morgan fingerprint density at radius 3 is 2.55 bits per heavy atom. The number of methoxy groups -OCH3 is 1. The fourth-order valence-electron chi connectivity index (χ4n) is 1.43. The summed E-state index contributed by atoms with van der Waals surface area (Å²) in [7, 11) is 1.51. The fraction of sp³-hybridized carbons (Fsp3) is 0.500. The molecule has 1 aromatic carbocycles. The molecule has 1 rings (SSSR count). The minimum absolute atomic E-state index is 0. The van der Waals surface area contributed by atoms with E-state index in [0.29, 0.717) is 24.0 Å². The number of carbonyl (C=O) groups excluding carboxylic acids is 1. The van der Waals surface area contributed by atoms with Gasteiger partial charge in [0, 0.05) is 7.11 Å². The summed E-state index contributed by atoms with van der Waals surface area (Å²) >= 11 is 0. The van der Waals surface area contributed by atoms with Gasteiger partial charge in [0.2, 0.25) is 5.91 Å². The van der Waals surface area contributed by atoms with E-state index < -0.39 is 6.04 Å². The molecule has 1 amide bonds. The summed E-state index contributed by atoms with van der Waals surface area (Å²) in [6, 6.07) is 6.61. The molecule has 0 saturated carbocycles.